The summed E-state index contributed by atoms with van der Waals surface area (Å²) in [7, 11) is 0. The van der Waals surface area contributed by atoms with Gasteiger partial charge in [-0.1, -0.05) is 6.92 Å². The van der Waals surface area contributed by atoms with Crippen LogP contribution in [0.3, 0.4) is 0 Å². The Morgan fingerprint density at radius 2 is 1.96 bits per heavy atom. The van der Waals surface area contributed by atoms with Gasteiger partial charge in [-0.05, 0) is 64.1 Å². The summed E-state index contributed by atoms with van der Waals surface area (Å²) in [6, 6.07) is 7.58. The van der Waals surface area contributed by atoms with Gasteiger partial charge in [-0.25, -0.2) is 0 Å². The van der Waals surface area contributed by atoms with E-state index in [9.17, 15) is 9.59 Å². The molecule has 2 heterocycles. The lowest BCUT2D eigenvalue weighted by Crippen LogP contribution is -2.56. The standard InChI is InChI=1S/C21H30N2O3S/c1-6-17(27-5)19(24)22-18-14-11-16(18)23(12-14)20(25)13-7-9-15(10-8-13)26-21(2,3)4/h7-10,14,16-18H,6,11-12H2,1-5H3,(H,22,24)/t14-,16-,17?,18+/m0/s1. The number of carbonyl (C=O) groups excluding carboxylic acids is 2. The fraction of sp³-hybridized carbons (Fsp3) is 0.619. The predicted octanol–water partition coefficient (Wildman–Crippen LogP) is 3.33. The molecule has 148 valence electrons. The molecule has 3 aliphatic rings. The average molecular weight is 391 g/mol. The van der Waals surface area contributed by atoms with Crippen LogP contribution in [0.15, 0.2) is 24.3 Å². The number of benzene rings is 1. The Kier molecular flexibility index (Phi) is 5.75. The van der Waals surface area contributed by atoms with Crippen LogP contribution in [0.5, 0.6) is 5.75 Å². The minimum absolute atomic E-state index is 0.00971. The highest BCUT2D eigenvalue weighted by Gasteiger charge is 2.54. The molecule has 4 atom stereocenters. The highest BCUT2D eigenvalue weighted by Crippen LogP contribution is 2.42. The maximum Gasteiger partial charge on any atom is 0.254 e. The molecular weight excluding hydrogens is 360 g/mol. The van der Waals surface area contributed by atoms with Gasteiger partial charge in [0.1, 0.15) is 11.4 Å². The van der Waals surface area contributed by atoms with Gasteiger partial charge in [0, 0.05) is 18.0 Å². The van der Waals surface area contributed by atoms with Crippen molar-refractivity contribution in [3.05, 3.63) is 29.8 Å². The first-order chi connectivity index (χ1) is 12.7. The third kappa shape index (κ3) is 4.26. The van der Waals surface area contributed by atoms with Crippen LogP contribution in [0.2, 0.25) is 0 Å². The Labute approximate surface area is 166 Å². The molecule has 1 saturated carbocycles. The lowest BCUT2D eigenvalue weighted by atomic mass is 9.80. The zero-order valence-corrected chi connectivity index (χ0v) is 17.6. The third-order valence-electron chi connectivity index (χ3n) is 5.34. The van der Waals surface area contributed by atoms with Crippen molar-refractivity contribution in [2.45, 2.75) is 63.5 Å². The second kappa shape index (κ2) is 7.74. The second-order valence-electron chi connectivity index (χ2n) is 8.43. The predicted molar refractivity (Wildman–Crippen MR) is 109 cm³/mol. The van der Waals surface area contributed by atoms with Gasteiger partial charge < -0.3 is 15.0 Å². The topological polar surface area (TPSA) is 58.6 Å². The molecule has 2 saturated heterocycles. The zero-order valence-electron chi connectivity index (χ0n) is 16.8. The van der Waals surface area contributed by atoms with Gasteiger partial charge in [0.15, 0.2) is 0 Å². The van der Waals surface area contributed by atoms with E-state index >= 15 is 0 Å². The zero-order chi connectivity index (χ0) is 19.8. The van der Waals surface area contributed by atoms with Crippen molar-refractivity contribution >= 4 is 23.6 Å². The number of rotatable bonds is 6. The van der Waals surface area contributed by atoms with Crippen molar-refractivity contribution in [1.82, 2.24) is 10.2 Å². The fourth-order valence-corrected chi connectivity index (χ4v) is 4.58. The van der Waals surface area contributed by atoms with Gasteiger partial charge in [-0.15, -0.1) is 0 Å². The molecule has 2 bridgehead atoms. The summed E-state index contributed by atoms with van der Waals surface area (Å²) in [5.41, 5.74) is 0.407. The van der Waals surface area contributed by atoms with E-state index in [0.29, 0.717) is 11.5 Å². The molecule has 1 aromatic carbocycles. The smallest absolute Gasteiger partial charge is 0.254 e. The largest absolute Gasteiger partial charge is 0.488 e. The summed E-state index contributed by atoms with van der Waals surface area (Å²) < 4.78 is 5.82. The van der Waals surface area contributed by atoms with E-state index < -0.39 is 0 Å². The molecule has 1 aliphatic carbocycles. The molecule has 2 aliphatic heterocycles. The number of fused-ring (bicyclic) bond motifs is 1. The van der Waals surface area contributed by atoms with Gasteiger partial charge in [0.2, 0.25) is 5.91 Å². The maximum atomic E-state index is 12.9. The Bertz CT molecular complexity index is 694. The van der Waals surface area contributed by atoms with Crippen LogP contribution < -0.4 is 10.1 Å². The van der Waals surface area contributed by atoms with Crippen LogP contribution >= 0.6 is 11.8 Å². The van der Waals surface area contributed by atoms with E-state index in [1.807, 2.05) is 63.1 Å². The Hall–Kier alpha value is -1.69. The number of nitrogens with zero attached hydrogens (tertiary/aromatic N) is 1. The molecule has 27 heavy (non-hydrogen) atoms. The van der Waals surface area contributed by atoms with Crippen molar-refractivity contribution < 1.29 is 14.3 Å². The summed E-state index contributed by atoms with van der Waals surface area (Å²) in [4.78, 5) is 27.2. The number of amides is 2. The molecule has 0 radical (unpaired) electrons. The van der Waals surface area contributed by atoms with Crippen LogP contribution in [0, 0.1) is 5.92 Å². The normalized spacial score (nSPS) is 24.9. The van der Waals surface area contributed by atoms with Crippen LogP contribution in [0.25, 0.3) is 0 Å². The van der Waals surface area contributed by atoms with Crippen molar-refractivity contribution in [1.29, 1.82) is 0 Å². The SMILES string of the molecule is CCC(SC)C(=O)N[C@@H]1[C@H]2C[C@@H]1N(C(=O)c1ccc(OC(C)(C)C)cc1)C2. The Morgan fingerprint density at radius 3 is 2.52 bits per heavy atom. The minimum atomic E-state index is -0.264. The molecular formula is C21H30N2O3S. The summed E-state index contributed by atoms with van der Waals surface area (Å²) in [6.07, 6.45) is 3.77. The first-order valence-corrected chi connectivity index (χ1v) is 11.0. The second-order valence-corrected chi connectivity index (χ2v) is 9.47. The number of carbonyl (C=O) groups is 2. The average Bonchev–Trinajstić information content (AvgIpc) is 3.19. The van der Waals surface area contributed by atoms with Crippen LogP contribution in [0.4, 0.5) is 0 Å². The number of hydrogen-bond acceptors (Lipinski definition) is 4. The van der Waals surface area contributed by atoms with E-state index in [2.05, 4.69) is 5.32 Å². The lowest BCUT2D eigenvalue weighted by molar-refractivity contribution is -0.122. The first-order valence-electron chi connectivity index (χ1n) is 9.66. The van der Waals surface area contributed by atoms with E-state index in [4.69, 9.17) is 4.74 Å². The molecule has 3 fully saturated rings. The van der Waals surface area contributed by atoms with E-state index in [1.165, 1.54) is 0 Å². The van der Waals surface area contributed by atoms with E-state index in [-0.39, 0.29) is 34.7 Å². The third-order valence-corrected chi connectivity index (χ3v) is 6.46. The molecule has 0 aromatic heterocycles. The molecule has 0 spiro atoms. The quantitative estimate of drug-likeness (QED) is 0.809. The maximum absolute atomic E-state index is 12.9. The molecule has 5 nitrogen and oxygen atoms in total. The highest BCUT2D eigenvalue weighted by molar-refractivity contribution is 7.99. The van der Waals surface area contributed by atoms with Crippen LogP contribution in [-0.4, -0.2) is 52.4 Å². The summed E-state index contributed by atoms with van der Waals surface area (Å²) in [5.74, 6) is 1.28. The fourth-order valence-electron chi connectivity index (χ4n) is 3.97. The molecule has 1 unspecified atom stereocenters. The molecule has 1 N–H and O–H groups in total. The molecule has 1 aromatic rings. The minimum Gasteiger partial charge on any atom is -0.488 e. The highest BCUT2D eigenvalue weighted by atomic mass is 32.2. The van der Waals surface area contributed by atoms with Crippen molar-refractivity contribution in [2.75, 3.05) is 12.8 Å². The van der Waals surface area contributed by atoms with E-state index in [0.717, 1.165) is 25.1 Å². The first kappa shape index (κ1) is 20.1. The van der Waals surface area contributed by atoms with Gasteiger partial charge in [-0.3, -0.25) is 9.59 Å². The summed E-state index contributed by atoms with van der Waals surface area (Å²) >= 11 is 1.58. The number of thioether (sulfide) groups is 1. The number of nitrogens with one attached hydrogen (secondary N) is 1. The van der Waals surface area contributed by atoms with Gasteiger partial charge >= 0.3 is 0 Å². The van der Waals surface area contributed by atoms with Crippen molar-refractivity contribution in [2.24, 2.45) is 5.92 Å². The number of hydrogen-bond donors (Lipinski definition) is 1. The van der Waals surface area contributed by atoms with E-state index in [1.54, 1.807) is 11.8 Å². The van der Waals surface area contributed by atoms with Crippen LogP contribution in [0.1, 0.15) is 50.9 Å². The Morgan fingerprint density at radius 1 is 1.30 bits per heavy atom. The van der Waals surface area contributed by atoms with Gasteiger partial charge in [0.25, 0.3) is 5.91 Å². The summed E-state index contributed by atoms with van der Waals surface area (Å²) in [6.45, 7) is 8.75. The van der Waals surface area contributed by atoms with Crippen molar-refractivity contribution in [3.8, 4) is 5.75 Å². The number of ether oxygens (including phenoxy) is 1. The van der Waals surface area contributed by atoms with Crippen LogP contribution in [-0.2, 0) is 4.79 Å². The van der Waals surface area contributed by atoms with Gasteiger partial charge in [0.05, 0.1) is 17.3 Å². The molecule has 6 heteroatoms. The molecule has 4 rings (SSSR count). The van der Waals surface area contributed by atoms with Crippen molar-refractivity contribution in [3.63, 3.8) is 0 Å². The monoisotopic (exact) mass is 390 g/mol. The summed E-state index contributed by atoms with van der Waals surface area (Å²) in [5, 5.41) is 3.17. The molecule has 2 amide bonds. The lowest BCUT2D eigenvalue weighted by Gasteiger charge is -2.37. The van der Waals surface area contributed by atoms with Gasteiger partial charge in [-0.2, -0.15) is 11.8 Å². The Balaban J connectivity index is 1.61.